The predicted octanol–water partition coefficient (Wildman–Crippen LogP) is 2.43. The number of methoxy groups -OCH3 is 1. The molecule has 148 valence electrons. The number of non-ortho nitro benzene ring substituents is 2. The van der Waals surface area contributed by atoms with E-state index in [0.29, 0.717) is 10.2 Å². The third kappa shape index (κ3) is 4.16. The SMILES string of the molecule is COC(=O)Cn1c(=NC(=O)c2cccc([N+](=O)[O-])c2)sc2ccc([N+](=O)[O-])cc21. The van der Waals surface area contributed by atoms with Crippen LogP contribution in [0.5, 0.6) is 0 Å². The summed E-state index contributed by atoms with van der Waals surface area (Å²) in [5.41, 5.74) is -0.127. The Morgan fingerprint density at radius 1 is 1.10 bits per heavy atom. The molecule has 0 unspecified atom stereocenters. The first kappa shape index (κ1) is 19.8. The van der Waals surface area contributed by atoms with Gasteiger partial charge in [0, 0.05) is 29.8 Å². The Morgan fingerprint density at radius 2 is 1.79 bits per heavy atom. The molecular weight excluding hydrogens is 404 g/mol. The molecule has 2 aromatic carbocycles. The van der Waals surface area contributed by atoms with Gasteiger partial charge in [0.05, 0.1) is 27.2 Å². The number of aromatic nitrogens is 1. The highest BCUT2D eigenvalue weighted by Gasteiger charge is 2.16. The van der Waals surface area contributed by atoms with Gasteiger partial charge in [-0.05, 0) is 12.1 Å². The lowest BCUT2D eigenvalue weighted by molar-refractivity contribution is -0.385. The molecule has 0 bridgehead atoms. The number of fused-ring (bicyclic) bond motifs is 1. The van der Waals surface area contributed by atoms with Crippen molar-refractivity contribution in [3.05, 3.63) is 73.1 Å². The summed E-state index contributed by atoms with van der Waals surface area (Å²) < 4.78 is 6.53. The van der Waals surface area contributed by atoms with E-state index < -0.39 is 21.7 Å². The highest BCUT2D eigenvalue weighted by atomic mass is 32.1. The van der Waals surface area contributed by atoms with Gasteiger partial charge < -0.3 is 9.30 Å². The van der Waals surface area contributed by atoms with Crippen LogP contribution in [0.4, 0.5) is 11.4 Å². The molecule has 0 atom stereocenters. The quantitative estimate of drug-likeness (QED) is 0.352. The normalized spacial score (nSPS) is 11.4. The molecule has 1 heterocycles. The fraction of sp³-hybridized carbons (Fsp3) is 0.118. The molecule has 1 amide bonds. The average Bonchev–Trinajstić information content (AvgIpc) is 3.04. The lowest BCUT2D eigenvalue weighted by Crippen LogP contribution is -2.22. The summed E-state index contributed by atoms with van der Waals surface area (Å²) in [5, 5.41) is 22.0. The zero-order valence-corrected chi connectivity index (χ0v) is 15.6. The van der Waals surface area contributed by atoms with Crippen LogP contribution in [0.15, 0.2) is 47.5 Å². The van der Waals surface area contributed by atoms with Crippen molar-refractivity contribution in [2.24, 2.45) is 4.99 Å². The van der Waals surface area contributed by atoms with E-state index in [9.17, 15) is 29.8 Å². The van der Waals surface area contributed by atoms with Gasteiger partial charge in [-0.15, -0.1) is 0 Å². The Labute approximate surface area is 165 Å². The first-order chi connectivity index (χ1) is 13.8. The number of benzene rings is 2. The van der Waals surface area contributed by atoms with E-state index in [1.54, 1.807) is 0 Å². The van der Waals surface area contributed by atoms with Crippen LogP contribution in [-0.2, 0) is 16.1 Å². The fourth-order valence-corrected chi connectivity index (χ4v) is 3.51. The van der Waals surface area contributed by atoms with Gasteiger partial charge in [0.2, 0.25) is 0 Å². The standard InChI is InChI=1S/C17H12N4O7S/c1-28-15(22)9-19-13-8-12(21(26)27)5-6-14(13)29-17(19)18-16(23)10-3-2-4-11(7-10)20(24)25/h2-8H,9H2,1H3. The maximum absolute atomic E-state index is 12.5. The van der Waals surface area contributed by atoms with Gasteiger partial charge >= 0.3 is 5.97 Å². The number of carbonyl (C=O) groups excluding carboxylic acids is 2. The van der Waals surface area contributed by atoms with Gasteiger partial charge in [0.25, 0.3) is 17.3 Å². The zero-order chi connectivity index (χ0) is 21.1. The largest absolute Gasteiger partial charge is 0.468 e. The van der Waals surface area contributed by atoms with Crippen molar-refractivity contribution in [1.82, 2.24) is 4.57 Å². The maximum atomic E-state index is 12.5. The predicted molar refractivity (Wildman–Crippen MR) is 101 cm³/mol. The van der Waals surface area contributed by atoms with Crippen LogP contribution in [0.3, 0.4) is 0 Å². The number of rotatable bonds is 5. The van der Waals surface area contributed by atoms with E-state index in [2.05, 4.69) is 9.73 Å². The Kier molecular flexibility index (Phi) is 5.45. The summed E-state index contributed by atoms with van der Waals surface area (Å²) in [6, 6.07) is 9.13. The van der Waals surface area contributed by atoms with Crippen molar-refractivity contribution in [3.63, 3.8) is 0 Å². The van der Waals surface area contributed by atoms with Crippen molar-refractivity contribution >= 4 is 44.8 Å². The van der Waals surface area contributed by atoms with Crippen LogP contribution >= 0.6 is 11.3 Å². The fourth-order valence-electron chi connectivity index (χ4n) is 2.51. The Morgan fingerprint density at radius 3 is 2.45 bits per heavy atom. The van der Waals surface area contributed by atoms with E-state index in [1.807, 2.05) is 0 Å². The lowest BCUT2D eigenvalue weighted by atomic mass is 10.2. The molecule has 0 saturated carbocycles. The van der Waals surface area contributed by atoms with E-state index in [1.165, 1.54) is 48.1 Å². The summed E-state index contributed by atoms with van der Waals surface area (Å²) in [6.07, 6.45) is 0. The van der Waals surface area contributed by atoms with Gasteiger partial charge in [-0.2, -0.15) is 4.99 Å². The molecule has 0 N–H and O–H groups in total. The first-order valence-electron chi connectivity index (χ1n) is 7.98. The lowest BCUT2D eigenvalue weighted by Gasteiger charge is -2.03. The molecule has 3 aromatic rings. The number of amides is 1. The van der Waals surface area contributed by atoms with Crippen LogP contribution in [0.2, 0.25) is 0 Å². The molecule has 0 aliphatic heterocycles. The molecular formula is C17H12N4O7S. The minimum absolute atomic E-state index is 0.00717. The topological polar surface area (TPSA) is 147 Å². The first-order valence-corrected chi connectivity index (χ1v) is 8.80. The minimum atomic E-state index is -0.756. The monoisotopic (exact) mass is 416 g/mol. The Bertz CT molecular complexity index is 1230. The highest BCUT2D eigenvalue weighted by molar-refractivity contribution is 7.16. The smallest absolute Gasteiger partial charge is 0.325 e. The summed E-state index contributed by atoms with van der Waals surface area (Å²) in [4.78, 5) is 49.2. The number of esters is 1. The highest BCUT2D eigenvalue weighted by Crippen LogP contribution is 2.23. The van der Waals surface area contributed by atoms with Gasteiger partial charge in [0.15, 0.2) is 4.80 Å². The second-order valence-electron chi connectivity index (χ2n) is 5.68. The zero-order valence-electron chi connectivity index (χ0n) is 14.8. The van der Waals surface area contributed by atoms with Crippen LogP contribution in [0.25, 0.3) is 10.2 Å². The third-order valence-corrected chi connectivity index (χ3v) is 4.95. The summed E-state index contributed by atoms with van der Waals surface area (Å²) in [5.74, 6) is -1.39. The van der Waals surface area contributed by atoms with Crippen LogP contribution in [0.1, 0.15) is 10.4 Å². The summed E-state index contributed by atoms with van der Waals surface area (Å²) in [6.45, 7) is -0.321. The molecule has 0 fully saturated rings. The minimum Gasteiger partial charge on any atom is -0.468 e. The van der Waals surface area contributed by atoms with Crippen molar-refractivity contribution in [1.29, 1.82) is 0 Å². The van der Waals surface area contributed by atoms with Crippen LogP contribution in [0, 0.1) is 20.2 Å². The molecule has 11 nitrogen and oxygen atoms in total. The molecule has 0 saturated heterocycles. The van der Waals surface area contributed by atoms with Crippen molar-refractivity contribution in [2.75, 3.05) is 7.11 Å². The molecule has 3 rings (SSSR count). The van der Waals surface area contributed by atoms with E-state index in [4.69, 9.17) is 0 Å². The van der Waals surface area contributed by atoms with Crippen LogP contribution < -0.4 is 4.80 Å². The molecule has 0 aliphatic rings. The van der Waals surface area contributed by atoms with Crippen molar-refractivity contribution < 1.29 is 24.2 Å². The molecule has 0 radical (unpaired) electrons. The number of nitro benzene ring substituents is 2. The van der Waals surface area contributed by atoms with Crippen LogP contribution in [-0.4, -0.2) is 33.4 Å². The van der Waals surface area contributed by atoms with Gasteiger partial charge in [0.1, 0.15) is 6.54 Å². The van der Waals surface area contributed by atoms with Gasteiger partial charge in [-0.3, -0.25) is 29.8 Å². The Balaban J connectivity index is 2.16. The van der Waals surface area contributed by atoms with Gasteiger partial charge in [-0.1, -0.05) is 17.4 Å². The number of carbonyl (C=O) groups is 2. The number of hydrogen-bond donors (Lipinski definition) is 0. The van der Waals surface area contributed by atoms with Crippen molar-refractivity contribution in [2.45, 2.75) is 6.54 Å². The summed E-state index contributed by atoms with van der Waals surface area (Å²) in [7, 11) is 1.19. The van der Waals surface area contributed by atoms with E-state index in [0.717, 1.165) is 17.4 Å². The maximum Gasteiger partial charge on any atom is 0.325 e. The Hall–Kier alpha value is -3.93. The number of thiazole rings is 1. The molecule has 29 heavy (non-hydrogen) atoms. The average molecular weight is 416 g/mol. The molecule has 1 aromatic heterocycles. The summed E-state index contributed by atoms with van der Waals surface area (Å²) >= 11 is 1.04. The van der Waals surface area contributed by atoms with E-state index >= 15 is 0 Å². The number of ether oxygens (including phenoxy) is 1. The second kappa shape index (κ2) is 7.98. The number of nitro groups is 2. The van der Waals surface area contributed by atoms with E-state index in [-0.39, 0.29) is 28.3 Å². The van der Waals surface area contributed by atoms with Gasteiger partial charge in [-0.25, -0.2) is 0 Å². The molecule has 0 spiro atoms. The van der Waals surface area contributed by atoms with Crippen molar-refractivity contribution in [3.8, 4) is 0 Å². The molecule has 12 heteroatoms. The second-order valence-corrected chi connectivity index (χ2v) is 6.69. The molecule has 0 aliphatic carbocycles. The number of nitrogens with zero attached hydrogens (tertiary/aromatic N) is 4. The number of hydrogen-bond acceptors (Lipinski definition) is 8. The third-order valence-electron chi connectivity index (χ3n) is 3.89.